The monoisotopic (exact) mass is 249 g/mol. The van der Waals surface area contributed by atoms with Crippen LogP contribution in [0.4, 0.5) is 0 Å². The molecule has 2 aromatic heterocycles. The molecule has 0 aliphatic heterocycles. The molecule has 0 aliphatic rings. The van der Waals surface area contributed by atoms with Gasteiger partial charge >= 0.3 is 0 Å². The molecule has 2 atom stereocenters. The SMILES string of the molecule is Cc1ncc(C(O)C(CN)c2ccccn2)s1. The first-order chi connectivity index (χ1) is 8.22. The Hall–Kier alpha value is -1.30. The predicted octanol–water partition coefficient (Wildman–Crippen LogP) is 1.62. The van der Waals surface area contributed by atoms with E-state index < -0.39 is 6.10 Å². The van der Waals surface area contributed by atoms with Crippen molar-refractivity contribution in [1.29, 1.82) is 0 Å². The number of aliphatic hydroxyl groups is 1. The van der Waals surface area contributed by atoms with E-state index >= 15 is 0 Å². The first-order valence-electron chi connectivity index (χ1n) is 5.43. The molecule has 0 bridgehead atoms. The molecule has 0 saturated carbocycles. The molecule has 0 fully saturated rings. The number of hydrogen-bond donors (Lipinski definition) is 2. The highest BCUT2D eigenvalue weighted by Gasteiger charge is 2.24. The third kappa shape index (κ3) is 2.69. The number of hydrogen-bond acceptors (Lipinski definition) is 5. The lowest BCUT2D eigenvalue weighted by Crippen LogP contribution is -2.20. The quantitative estimate of drug-likeness (QED) is 0.863. The summed E-state index contributed by atoms with van der Waals surface area (Å²) < 4.78 is 0. The summed E-state index contributed by atoms with van der Waals surface area (Å²) in [6, 6.07) is 5.63. The maximum atomic E-state index is 10.3. The molecule has 4 nitrogen and oxygen atoms in total. The van der Waals surface area contributed by atoms with Gasteiger partial charge in [0.25, 0.3) is 0 Å². The average molecular weight is 249 g/mol. The molecule has 17 heavy (non-hydrogen) atoms. The van der Waals surface area contributed by atoms with E-state index in [1.54, 1.807) is 12.4 Å². The minimum Gasteiger partial charge on any atom is -0.387 e. The molecule has 0 radical (unpaired) electrons. The van der Waals surface area contributed by atoms with Crippen molar-refractivity contribution in [2.45, 2.75) is 18.9 Å². The first-order valence-corrected chi connectivity index (χ1v) is 6.25. The molecule has 0 aliphatic carbocycles. The fourth-order valence-corrected chi connectivity index (χ4v) is 2.56. The van der Waals surface area contributed by atoms with E-state index in [9.17, 15) is 5.11 Å². The van der Waals surface area contributed by atoms with Gasteiger partial charge in [-0.05, 0) is 19.1 Å². The zero-order chi connectivity index (χ0) is 12.3. The molecular formula is C12H15N3OS. The largest absolute Gasteiger partial charge is 0.387 e. The summed E-state index contributed by atoms with van der Waals surface area (Å²) in [6.45, 7) is 2.27. The summed E-state index contributed by atoms with van der Waals surface area (Å²) in [6.07, 6.45) is 2.78. The zero-order valence-corrected chi connectivity index (χ0v) is 10.4. The summed E-state index contributed by atoms with van der Waals surface area (Å²) in [7, 11) is 0. The van der Waals surface area contributed by atoms with Crippen LogP contribution in [0, 0.1) is 6.92 Å². The van der Waals surface area contributed by atoms with E-state index in [2.05, 4.69) is 9.97 Å². The lowest BCUT2D eigenvalue weighted by molar-refractivity contribution is 0.149. The molecule has 90 valence electrons. The zero-order valence-electron chi connectivity index (χ0n) is 9.58. The number of pyridine rings is 1. The van der Waals surface area contributed by atoms with Crippen molar-refractivity contribution in [3.8, 4) is 0 Å². The van der Waals surface area contributed by atoms with Crippen LogP contribution in [0.1, 0.15) is 27.6 Å². The maximum Gasteiger partial charge on any atom is 0.0993 e. The molecule has 0 amide bonds. The third-order valence-corrected chi connectivity index (χ3v) is 3.62. The highest BCUT2D eigenvalue weighted by Crippen LogP contribution is 2.31. The summed E-state index contributed by atoms with van der Waals surface area (Å²) in [5, 5.41) is 11.2. The predicted molar refractivity (Wildman–Crippen MR) is 67.8 cm³/mol. The Balaban J connectivity index is 2.25. The molecule has 5 heteroatoms. The van der Waals surface area contributed by atoms with Crippen LogP contribution in [0.15, 0.2) is 30.6 Å². The maximum absolute atomic E-state index is 10.3. The molecular weight excluding hydrogens is 234 g/mol. The highest BCUT2D eigenvalue weighted by atomic mass is 32.1. The van der Waals surface area contributed by atoms with E-state index in [0.717, 1.165) is 15.6 Å². The van der Waals surface area contributed by atoms with Crippen molar-refractivity contribution in [2.24, 2.45) is 5.73 Å². The average Bonchev–Trinajstić information content (AvgIpc) is 2.78. The van der Waals surface area contributed by atoms with E-state index in [1.807, 2.05) is 25.1 Å². The fraction of sp³-hybridized carbons (Fsp3) is 0.333. The van der Waals surface area contributed by atoms with Crippen molar-refractivity contribution in [1.82, 2.24) is 9.97 Å². The van der Waals surface area contributed by atoms with Crippen molar-refractivity contribution in [3.63, 3.8) is 0 Å². The van der Waals surface area contributed by atoms with Gasteiger partial charge in [0.2, 0.25) is 0 Å². The van der Waals surface area contributed by atoms with Crippen LogP contribution in [0.2, 0.25) is 0 Å². The number of aryl methyl sites for hydroxylation is 1. The van der Waals surface area contributed by atoms with E-state index in [4.69, 9.17) is 5.73 Å². The minimum absolute atomic E-state index is 0.184. The van der Waals surface area contributed by atoms with Gasteiger partial charge in [-0.2, -0.15) is 0 Å². The van der Waals surface area contributed by atoms with Crippen LogP contribution < -0.4 is 5.73 Å². The van der Waals surface area contributed by atoms with Gasteiger partial charge in [-0.1, -0.05) is 6.07 Å². The fourth-order valence-electron chi connectivity index (χ4n) is 1.72. The molecule has 2 rings (SSSR count). The normalized spacial score (nSPS) is 14.5. The molecule has 2 unspecified atom stereocenters. The second-order valence-electron chi connectivity index (χ2n) is 3.82. The third-order valence-electron chi connectivity index (χ3n) is 2.63. The Morgan fingerprint density at radius 1 is 1.41 bits per heavy atom. The van der Waals surface area contributed by atoms with E-state index in [0.29, 0.717) is 6.54 Å². The molecule has 2 heterocycles. The Kier molecular flexibility index (Phi) is 3.83. The van der Waals surface area contributed by atoms with Gasteiger partial charge in [-0.15, -0.1) is 11.3 Å². The summed E-state index contributed by atoms with van der Waals surface area (Å²) >= 11 is 1.49. The number of thiazole rings is 1. The van der Waals surface area contributed by atoms with Gasteiger partial charge < -0.3 is 10.8 Å². The van der Waals surface area contributed by atoms with Gasteiger partial charge in [0, 0.05) is 30.6 Å². The van der Waals surface area contributed by atoms with Crippen LogP contribution in [0.25, 0.3) is 0 Å². The van der Waals surface area contributed by atoms with Crippen molar-refractivity contribution in [3.05, 3.63) is 46.2 Å². The lowest BCUT2D eigenvalue weighted by atomic mass is 9.97. The van der Waals surface area contributed by atoms with Crippen molar-refractivity contribution < 1.29 is 5.11 Å². The van der Waals surface area contributed by atoms with Crippen LogP contribution in [-0.2, 0) is 0 Å². The Morgan fingerprint density at radius 2 is 2.24 bits per heavy atom. The van der Waals surface area contributed by atoms with Crippen LogP contribution in [0.3, 0.4) is 0 Å². The molecule has 0 aromatic carbocycles. The first kappa shape index (κ1) is 12.2. The van der Waals surface area contributed by atoms with Crippen LogP contribution in [0.5, 0.6) is 0 Å². The topological polar surface area (TPSA) is 72.0 Å². The van der Waals surface area contributed by atoms with Gasteiger partial charge in [0.15, 0.2) is 0 Å². The highest BCUT2D eigenvalue weighted by molar-refractivity contribution is 7.11. The second-order valence-corrected chi connectivity index (χ2v) is 5.09. The minimum atomic E-state index is -0.638. The molecule has 2 aromatic rings. The second kappa shape index (κ2) is 5.35. The Labute approximate surface area is 104 Å². The Morgan fingerprint density at radius 3 is 2.76 bits per heavy atom. The van der Waals surface area contributed by atoms with Gasteiger partial charge in [-0.3, -0.25) is 4.98 Å². The molecule has 3 N–H and O–H groups in total. The van der Waals surface area contributed by atoms with Crippen LogP contribution in [-0.4, -0.2) is 21.6 Å². The van der Waals surface area contributed by atoms with E-state index in [1.165, 1.54) is 11.3 Å². The molecule has 0 spiro atoms. The number of nitrogens with zero attached hydrogens (tertiary/aromatic N) is 2. The number of aliphatic hydroxyl groups excluding tert-OH is 1. The lowest BCUT2D eigenvalue weighted by Gasteiger charge is -2.19. The summed E-state index contributed by atoms with van der Waals surface area (Å²) in [4.78, 5) is 9.23. The molecule has 0 saturated heterocycles. The van der Waals surface area contributed by atoms with E-state index in [-0.39, 0.29) is 5.92 Å². The van der Waals surface area contributed by atoms with Gasteiger partial charge in [0.1, 0.15) is 0 Å². The smallest absolute Gasteiger partial charge is 0.0993 e. The summed E-state index contributed by atoms with van der Waals surface area (Å²) in [5.41, 5.74) is 6.55. The number of aromatic nitrogens is 2. The van der Waals surface area contributed by atoms with Crippen molar-refractivity contribution >= 4 is 11.3 Å². The van der Waals surface area contributed by atoms with Crippen molar-refractivity contribution in [2.75, 3.05) is 6.54 Å². The standard InChI is InChI=1S/C12H15N3OS/c1-8-15-7-11(17-8)12(16)9(6-13)10-4-2-3-5-14-10/h2-5,7,9,12,16H,6,13H2,1H3. The number of rotatable bonds is 4. The van der Waals surface area contributed by atoms with Crippen LogP contribution >= 0.6 is 11.3 Å². The van der Waals surface area contributed by atoms with Gasteiger partial charge in [0.05, 0.1) is 16.0 Å². The Bertz CT molecular complexity index is 472. The summed E-state index contributed by atoms with van der Waals surface area (Å²) in [5.74, 6) is -0.184. The number of nitrogens with two attached hydrogens (primary N) is 1. The van der Waals surface area contributed by atoms with Gasteiger partial charge in [-0.25, -0.2) is 4.98 Å².